The Balaban J connectivity index is 1.90. The lowest BCUT2D eigenvalue weighted by Gasteiger charge is -2.26. The van der Waals surface area contributed by atoms with Crippen molar-refractivity contribution >= 4 is 42.7 Å². The summed E-state index contributed by atoms with van der Waals surface area (Å²) >= 11 is 3.32. The van der Waals surface area contributed by atoms with Gasteiger partial charge in [-0.25, -0.2) is 13.4 Å². The number of halogens is 1. The van der Waals surface area contributed by atoms with E-state index < -0.39 is 9.84 Å². The zero-order valence-electron chi connectivity index (χ0n) is 10.9. The predicted molar refractivity (Wildman–Crippen MR) is 79.6 cm³/mol. The molecule has 7 nitrogen and oxygen atoms in total. The number of hydrogen-bond donors (Lipinski definition) is 0. The van der Waals surface area contributed by atoms with Gasteiger partial charge in [-0.3, -0.25) is 14.8 Å². The molecule has 1 amide bonds. The van der Waals surface area contributed by atoms with Gasteiger partial charge in [-0.05, 0) is 15.9 Å². The Morgan fingerprint density at radius 2 is 1.90 bits per heavy atom. The monoisotopic (exact) mass is 370 g/mol. The van der Waals surface area contributed by atoms with E-state index in [1.165, 1.54) is 11.1 Å². The van der Waals surface area contributed by atoms with Gasteiger partial charge >= 0.3 is 0 Å². The molecule has 21 heavy (non-hydrogen) atoms. The van der Waals surface area contributed by atoms with Gasteiger partial charge in [-0.2, -0.15) is 0 Å². The molecule has 0 radical (unpaired) electrons. The number of fused-ring (bicyclic) bond motifs is 1. The van der Waals surface area contributed by atoms with Gasteiger partial charge in [-0.1, -0.05) is 0 Å². The van der Waals surface area contributed by atoms with E-state index in [0.717, 1.165) is 0 Å². The molecule has 1 saturated heterocycles. The molecule has 1 aliphatic heterocycles. The first-order valence-corrected chi connectivity index (χ1v) is 8.84. The van der Waals surface area contributed by atoms with Gasteiger partial charge in [0.1, 0.15) is 16.7 Å². The number of aromatic nitrogens is 3. The summed E-state index contributed by atoms with van der Waals surface area (Å²) in [6, 6.07) is 0. The Hall–Kier alpha value is -1.61. The van der Waals surface area contributed by atoms with Gasteiger partial charge < -0.3 is 4.90 Å². The van der Waals surface area contributed by atoms with Gasteiger partial charge in [0.25, 0.3) is 5.91 Å². The van der Waals surface area contributed by atoms with Crippen LogP contribution in [0.15, 0.2) is 23.1 Å². The van der Waals surface area contributed by atoms with E-state index >= 15 is 0 Å². The smallest absolute Gasteiger partial charge is 0.274 e. The number of hydrogen-bond acceptors (Lipinski definition) is 6. The van der Waals surface area contributed by atoms with Crippen LogP contribution in [0.2, 0.25) is 0 Å². The molecular weight excluding hydrogens is 360 g/mol. The maximum atomic E-state index is 12.4. The lowest BCUT2D eigenvalue weighted by molar-refractivity contribution is 0.0764. The fourth-order valence-corrected chi connectivity index (χ4v) is 3.69. The third kappa shape index (κ3) is 2.88. The summed E-state index contributed by atoms with van der Waals surface area (Å²) < 4.78 is 23.4. The van der Waals surface area contributed by atoms with Crippen molar-refractivity contribution in [1.82, 2.24) is 19.9 Å². The molecule has 110 valence electrons. The highest BCUT2D eigenvalue weighted by molar-refractivity contribution is 9.10. The Morgan fingerprint density at radius 3 is 2.62 bits per heavy atom. The highest BCUT2D eigenvalue weighted by Gasteiger charge is 2.26. The highest BCUT2D eigenvalue weighted by atomic mass is 79.9. The Labute approximate surface area is 129 Å². The van der Waals surface area contributed by atoms with Crippen LogP contribution in [0.1, 0.15) is 10.5 Å². The molecule has 0 aliphatic carbocycles. The fourth-order valence-electron chi connectivity index (χ4n) is 2.08. The Morgan fingerprint density at radius 1 is 1.19 bits per heavy atom. The number of carbonyl (C=O) groups excluding carboxylic acids is 1. The van der Waals surface area contributed by atoms with Crippen LogP contribution >= 0.6 is 15.9 Å². The van der Waals surface area contributed by atoms with Gasteiger partial charge in [0.15, 0.2) is 9.84 Å². The summed E-state index contributed by atoms with van der Waals surface area (Å²) in [5, 5.41) is 0. The molecule has 1 fully saturated rings. The average molecular weight is 371 g/mol. The zero-order chi connectivity index (χ0) is 15.0. The van der Waals surface area contributed by atoms with E-state index in [1.807, 2.05) is 0 Å². The van der Waals surface area contributed by atoms with Crippen LogP contribution < -0.4 is 0 Å². The lowest BCUT2D eigenvalue weighted by atomic mass is 10.3. The van der Waals surface area contributed by atoms with Crippen LogP contribution in [0.25, 0.3) is 11.0 Å². The van der Waals surface area contributed by atoms with E-state index in [4.69, 9.17) is 0 Å². The number of amides is 1. The Bertz CT molecular complexity index is 810. The minimum atomic E-state index is -3.02. The second kappa shape index (κ2) is 5.30. The quantitative estimate of drug-likeness (QED) is 0.731. The van der Waals surface area contributed by atoms with Crippen LogP contribution in [0.4, 0.5) is 0 Å². The molecule has 2 aromatic rings. The van der Waals surface area contributed by atoms with E-state index in [2.05, 4.69) is 30.9 Å². The molecule has 0 spiro atoms. The average Bonchev–Trinajstić information content (AvgIpc) is 2.47. The molecular formula is C12H11BrN4O3S. The first-order chi connectivity index (χ1) is 9.96. The van der Waals surface area contributed by atoms with Gasteiger partial charge in [-0.15, -0.1) is 0 Å². The van der Waals surface area contributed by atoms with Crippen molar-refractivity contribution in [2.45, 2.75) is 0 Å². The number of sulfone groups is 1. The summed E-state index contributed by atoms with van der Waals surface area (Å²) in [5.74, 6) is -0.316. The van der Waals surface area contributed by atoms with E-state index in [-0.39, 0.29) is 36.2 Å². The number of pyridine rings is 1. The molecule has 0 N–H and O–H groups in total. The van der Waals surface area contributed by atoms with Crippen LogP contribution in [-0.4, -0.2) is 58.8 Å². The highest BCUT2D eigenvalue weighted by Crippen LogP contribution is 2.19. The van der Waals surface area contributed by atoms with Crippen LogP contribution in [0.5, 0.6) is 0 Å². The van der Waals surface area contributed by atoms with E-state index in [9.17, 15) is 13.2 Å². The summed E-state index contributed by atoms with van der Waals surface area (Å²) in [4.78, 5) is 26.3. The van der Waals surface area contributed by atoms with Crippen molar-refractivity contribution in [2.75, 3.05) is 24.6 Å². The maximum Gasteiger partial charge on any atom is 0.274 e. The van der Waals surface area contributed by atoms with Crippen molar-refractivity contribution < 1.29 is 13.2 Å². The molecule has 0 unspecified atom stereocenters. The molecule has 0 aromatic carbocycles. The summed E-state index contributed by atoms with van der Waals surface area (Å²) in [6.45, 7) is 0.386. The normalized spacial score (nSPS) is 17.9. The number of nitrogens with zero attached hydrogens (tertiary/aromatic N) is 4. The van der Waals surface area contributed by atoms with Crippen LogP contribution in [0.3, 0.4) is 0 Å². The standard InChI is InChI=1S/C12H11BrN4O3S/c13-8-5-14-6-9-11(8)16-10(7-15-9)12(18)17-1-3-21(19,20)4-2-17/h5-7H,1-4H2. The van der Waals surface area contributed by atoms with Crippen molar-refractivity contribution in [3.8, 4) is 0 Å². The number of rotatable bonds is 1. The van der Waals surface area contributed by atoms with Crippen molar-refractivity contribution in [3.05, 3.63) is 28.8 Å². The van der Waals surface area contributed by atoms with Crippen molar-refractivity contribution in [2.24, 2.45) is 0 Å². The second-order valence-corrected chi connectivity index (χ2v) is 7.85. The zero-order valence-corrected chi connectivity index (χ0v) is 13.3. The lowest BCUT2D eigenvalue weighted by Crippen LogP contribution is -2.44. The molecule has 9 heteroatoms. The fraction of sp³-hybridized carbons (Fsp3) is 0.333. The largest absolute Gasteiger partial charge is 0.335 e. The molecule has 3 heterocycles. The molecule has 0 atom stereocenters. The minimum absolute atomic E-state index is 0.00658. The van der Waals surface area contributed by atoms with Crippen molar-refractivity contribution in [3.63, 3.8) is 0 Å². The first kappa shape index (κ1) is 14.3. The summed E-state index contributed by atoms with van der Waals surface area (Å²) in [6.07, 6.45) is 4.54. The van der Waals surface area contributed by atoms with E-state index in [0.29, 0.717) is 15.5 Å². The Kier molecular flexibility index (Phi) is 3.62. The van der Waals surface area contributed by atoms with E-state index in [1.54, 1.807) is 12.4 Å². The SMILES string of the molecule is O=C(c1cnc2cncc(Br)c2n1)N1CCS(=O)(=O)CC1. The topological polar surface area (TPSA) is 93.1 Å². The molecule has 1 aliphatic rings. The van der Waals surface area contributed by atoms with Crippen LogP contribution in [0, 0.1) is 0 Å². The summed E-state index contributed by atoms with van der Waals surface area (Å²) in [5.41, 5.74) is 1.34. The third-order valence-corrected chi connectivity index (χ3v) is 5.45. The predicted octanol–water partition coefficient (Wildman–Crippen LogP) is 0.658. The van der Waals surface area contributed by atoms with Gasteiger partial charge in [0.05, 0.1) is 28.4 Å². The molecule has 3 rings (SSSR count). The third-order valence-electron chi connectivity index (χ3n) is 3.26. The van der Waals surface area contributed by atoms with Gasteiger partial charge in [0, 0.05) is 19.3 Å². The molecule has 0 saturated carbocycles. The summed E-state index contributed by atoms with van der Waals surface area (Å²) in [7, 11) is -3.02. The molecule has 2 aromatic heterocycles. The molecule has 0 bridgehead atoms. The minimum Gasteiger partial charge on any atom is -0.335 e. The van der Waals surface area contributed by atoms with Crippen molar-refractivity contribution in [1.29, 1.82) is 0 Å². The second-order valence-electron chi connectivity index (χ2n) is 4.69. The van der Waals surface area contributed by atoms with Crippen LogP contribution in [-0.2, 0) is 9.84 Å². The number of carbonyl (C=O) groups is 1. The van der Waals surface area contributed by atoms with Gasteiger partial charge in [0.2, 0.25) is 0 Å². The maximum absolute atomic E-state index is 12.4. The first-order valence-electron chi connectivity index (χ1n) is 6.22.